The molecule has 1 aliphatic heterocycles. The molecule has 1 saturated heterocycles. The molecular formula is C15H21ClN2O. The predicted octanol–water partition coefficient (Wildman–Crippen LogP) is 2.95. The van der Waals surface area contributed by atoms with Crippen LogP contribution in [0.4, 0.5) is 5.69 Å². The van der Waals surface area contributed by atoms with Crippen LogP contribution in [0.25, 0.3) is 0 Å². The van der Waals surface area contributed by atoms with E-state index in [0.717, 1.165) is 36.6 Å². The average Bonchev–Trinajstić information content (AvgIpc) is 2.38. The molecule has 4 heteroatoms. The Morgan fingerprint density at radius 1 is 1.32 bits per heavy atom. The molecule has 104 valence electrons. The molecule has 0 atom stereocenters. The molecule has 0 N–H and O–H groups in total. The van der Waals surface area contributed by atoms with Gasteiger partial charge in [0, 0.05) is 33.1 Å². The quantitative estimate of drug-likeness (QED) is 0.832. The van der Waals surface area contributed by atoms with E-state index in [9.17, 15) is 4.79 Å². The number of anilines is 1. The van der Waals surface area contributed by atoms with Crippen LogP contribution in [0.3, 0.4) is 0 Å². The third kappa shape index (κ3) is 3.21. The van der Waals surface area contributed by atoms with Crippen molar-refractivity contribution in [3.8, 4) is 0 Å². The highest BCUT2D eigenvalue weighted by Crippen LogP contribution is 2.30. The van der Waals surface area contributed by atoms with Crippen LogP contribution in [-0.2, 0) is 4.79 Å². The lowest BCUT2D eigenvalue weighted by Gasteiger charge is -2.34. The summed E-state index contributed by atoms with van der Waals surface area (Å²) in [6, 6.07) is 6.15. The van der Waals surface area contributed by atoms with Gasteiger partial charge in [-0.3, -0.25) is 4.79 Å². The highest BCUT2D eigenvalue weighted by atomic mass is 35.5. The van der Waals surface area contributed by atoms with Gasteiger partial charge in [-0.25, -0.2) is 0 Å². The van der Waals surface area contributed by atoms with Crippen LogP contribution in [0, 0.1) is 12.8 Å². The summed E-state index contributed by atoms with van der Waals surface area (Å²) < 4.78 is 0. The zero-order valence-corrected chi connectivity index (χ0v) is 12.6. The number of nitrogens with zero attached hydrogens (tertiary/aromatic N) is 2. The minimum absolute atomic E-state index is 0.162. The monoisotopic (exact) mass is 280 g/mol. The fourth-order valence-corrected chi connectivity index (χ4v) is 2.96. The Balaban J connectivity index is 2.02. The normalized spacial score (nSPS) is 16.5. The summed E-state index contributed by atoms with van der Waals surface area (Å²) in [7, 11) is 3.65. The summed E-state index contributed by atoms with van der Waals surface area (Å²) in [6.07, 6.45) is 1.81. The molecule has 1 aromatic rings. The van der Waals surface area contributed by atoms with Crippen molar-refractivity contribution in [2.75, 3.05) is 32.1 Å². The smallest absolute Gasteiger partial charge is 0.225 e. The van der Waals surface area contributed by atoms with Crippen LogP contribution in [0.15, 0.2) is 18.2 Å². The number of hydrogen-bond acceptors (Lipinski definition) is 2. The molecule has 0 aromatic heterocycles. The van der Waals surface area contributed by atoms with Gasteiger partial charge < -0.3 is 9.80 Å². The van der Waals surface area contributed by atoms with E-state index in [1.807, 2.05) is 27.1 Å². The number of piperidine rings is 1. The standard InChI is InChI=1S/C15H21ClN2O/c1-11-4-5-14(13(16)10-11)18-8-6-12(7-9-18)15(19)17(2)3/h4-5,10,12H,6-9H2,1-3H3. The van der Waals surface area contributed by atoms with Gasteiger partial charge in [0.15, 0.2) is 0 Å². The SMILES string of the molecule is Cc1ccc(N2CCC(C(=O)N(C)C)CC2)c(Cl)c1. The summed E-state index contributed by atoms with van der Waals surface area (Å²) in [5, 5.41) is 0.803. The lowest BCUT2D eigenvalue weighted by Crippen LogP contribution is -2.40. The fourth-order valence-electron chi connectivity index (χ4n) is 2.60. The molecule has 0 radical (unpaired) electrons. The van der Waals surface area contributed by atoms with E-state index in [2.05, 4.69) is 17.0 Å². The Labute approximate surface area is 120 Å². The number of benzene rings is 1. The molecule has 1 aliphatic rings. The summed E-state index contributed by atoms with van der Waals surface area (Å²) in [4.78, 5) is 15.9. The number of rotatable bonds is 2. The highest BCUT2D eigenvalue weighted by Gasteiger charge is 2.26. The van der Waals surface area contributed by atoms with Gasteiger partial charge in [0.25, 0.3) is 0 Å². The molecule has 1 heterocycles. The molecule has 1 fully saturated rings. The second-order valence-corrected chi connectivity index (χ2v) is 5.86. The van der Waals surface area contributed by atoms with Gasteiger partial charge in [-0.1, -0.05) is 17.7 Å². The van der Waals surface area contributed by atoms with Gasteiger partial charge in [0.05, 0.1) is 10.7 Å². The topological polar surface area (TPSA) is 23.6 Å². The van der Waals surface area contributed by atoms with Crippen molar-refractivity contribution in [1.82, 2.24) is 4.90 Å². The lowest BCUT2D eigenvalue weighted by atomic mass is 9.95. The summed E-state index contributed by atoms with van der Waals surface area (Å²) >= 11 is 6.30. The van der Waals surface area contributed by atoms with Crippen LogP contribution in [0.2, 0.25) is 5.02 Å². The van der Waals surface area contributed by atoms with Crippen LogP contribution >= 0.6 is 11.6 Å². The first kappa shape index (κ1) is 14.2. The van der Waals surface area contributed by atoms with Crippen LogP contribution in [0.1, 0.15) is 18.4 Å². The first-order valence-corrected chi connectivity index (χ1v) is 7.09. The van der Waals surface area contributed by atoms with E-state index in [4.69, 9.17) is 11.6 Å². The zero-order valence-electron chi connectivity index (χ0n) is 11.8. The minimum atomic E-state index is 0.162. The number of amides is 1. The number of hydrogen-bond donors (Lipinski definition) is 0. The summed E-state index contributed by atoms with van der Waals surface area (Å²) in [5.74, 6) is 0.408. The van der Waals surface area contributed by atoms with Crippen molar-refractivity contribution in [1.29, 1.82) is 0 Å². The number of aryl methyl sites for hydroxylation is 1. The second-order valence-electron chi connectivity index (χ2n) is 5.45. The maximum Gasteiger partial charge on any atom is 0.225 e. The van der Waals surface area contributed by atoms with Gasteiger partial charge in [-0.15, -0.1) is 0 Å². The summed E-state index contributed by atoms with van der Waals surface area (Å²) in [5.41, 5.74) is 2.26. The van der Waals surface area contributed by atoms with Crippen molar-refractivity contribution in [2.24, 2.45) is 5.92 Å². The van der Waals surface area contributed by atoms with Gasteiger partial charge >= 0.3 is 0 Å². The maximum atomic E-state index is 11.9. The Morgan fingerprint density at radius 3 is 2.47 bits per heavy atom. The molecular weight excluding hydrogens is 260 g/mol. The zero-order chi connectivity index (χ0) is 14.0. The second kappa shape index (κ2) is 5.83. The molecule has 0 unspecified atom stereocenters. The molecule has 0 aliphatic carbocycles. The first-order valence-electron chi connectivity index (χ1n) is 6.71. The van der Waals surface area contributed by atoms with Crippen molar-refractivity contribution in [3.63, 3.8) is 0 Å². The largest absolute Gasteiger partial charge is 0.370 e. The Kier molecular flexibility index (Phi) is 4.35. The van der Waals surface area contributed by atoms with Gasteiger partial charge in [-0.05, 0) is 37.5 Å². The molecule has 3 nitrogen and oxygen atoms in total. The molecule has 0 spiro atoms. The van der Waals surface area contributed by atoms with E-state index in [-0.39, 0.29) is 11.8 Å². The fraction of sp³-hybridized carbons (Fsp3) is 0.533. The van der Waals surface area contributed by atoms with Crippen molar-refractivity contribution in [2.45, 2.75) is 19.8 Å². The van der Waals surface area contributed by atoms with E-state index in [1.165, 1.54) is 5.56 Å². The molecule has 0 bridgehead atoms. The molecule has 1 amide bonds. The first-order chi connectivity index (χ1) is 8.99. The summed E-state index contributed by atoms with van der Waals surface area (Å²) in [6.45, 7) is 3.83. The number of carbonyl (C=O) groups excluding carboxylic acids is 1. The van der Waals surface area contributed by atoms with Gasteiger partial charge in [-0.2, -0.15) is 0 Å². The third-order valence-corrected chi connectivity index (χ3v) is 4.03. The third-order valence-electron chi connectivity index (χ3n) is 3.73. The van der Waals surface area contributed by atoms with E-state index in [1.54, 1.807) is 4.90 Å². The molecule has 2 rings (SSSR count). The predicted molar refractivity (Wildman–Crippen MR) is 79.8 cm³/mol. The highest BCUT2D eigenvalue weighted by molar-refractivity contribution is 6.33. The maximum absolute atomic E-state index is 11.9. The Hall–Kier alpha value is -1.22. The van der Waals surface area contributed by atoms with Crippen molar-refractivity contribution >= 4 is 23.2 Å². The van der Waals surface area contributed by atoms with E-state index >= 15 is 0 Å². The van der Waals surface area contributed by atoms with Crippen molar-refractivity contribution < 1.29 is 4.79 Å². The van der Waals surface area contributed by atoms with Gasteiger partial charge in [0.1, 0.15) is 0 Å². The number of carbonyl (C=O) groups is 1. The Bertz CT molecular complexity index is 465. The average molecular weight is 281 g/mol. The number of halogens is 1. The van der Waals surface area contributed by atoms with Crippen LogP contribution < -0.4 is 4.90 Å². The molecule has 0 saturated carbocycles. The lowest BCUT2D eigenvalue weighted by molar-refractivity contribution is -0.133. The molecule has 19 heavy (non-hydrogen) atoms. The minimum Gasteiger partial charge on any atom is -0.370 e. The molecule has 1 aromatic carbocycles. The van der Waals surface area contributed by atoms with E-state index in [0.29, 0.717) is 0 Å². The van der Waals surface area contributed by atoms with Crippen LogP contribution in [-0.4, -0.2) is 38.0 Å². The van der Waals surface area contributed by atoms with Crippen LogP contribution in [0.5, 0.6) is 0 Å². The Morgan fingerprint density at radius 2 is 1.95 bits per heavy atom. The van der Waals surface area contributed by atoms with E-state index < -0.39 is 0 Å². The van der Waals surface area contributed by atoms with Crippen molar-refractivity contribution in [3.05, 3.63) is 28.8 Å². The van der Waals surface area contributed by atoms with Gasteiger partial charge in [0.2, 0.25) is 5.91 Å².